The number of rotatable bonds is 4. The molecule has 2 N–H and O–H groups in total. The molecule has 0 saturated carbocycles. The van der Waals surface area contributed by atoms with Gasteiger partial charge in [0.05, 0.1) is 0 Å². The normalized spacial score (nSPS) is 15.2. The summed E-state index contributed by atoms with van der Waals surface area (Å²) in [5, 5.41) is 0. The molecule has 0 aliphatic carbocycles. The summed E-state index contributed by atoms with van der Waals surface area (Å²) >= 11 is 0. The molecule has 1 aromatic rings. The van der Waals surface area contributed by atoms with Gasteiger partial charge in [-0.25, -0.2) is 8.78 Å². The molecule has 0 atom stereocenters. The Kier molecular flexibility index (Phi) is 3.33. The quantitative estimate of drug-likeness (QED) is 0.876. The lowest BCUT2D eigenvalue weighted by atomic mass is 10.0. The molecular formula is C13H18F2N2. The zero-order valence-electron chi connectivity index (χ0n) is 10.0. The second-order valence-corrected chi connectivity index (χ2v) is 4.42. The third-order valence-corrected chi connectivity index (χ3v) is 3.33. The van der Waals surface area contributed by atoms with Crippen molar-refractivity contribution in [1.29, 1.82) is 0 Å². The Morgan fingerprint density at radius 2 is 2.18 bits per heavy atom. The van der Waals surface area contributed by atoms with Crippen molar-refractivity contribution in [3.63, 3.8) is 0 Å². The largest absolute Gasteiger partial charge is 0.371 e. The van der Waals surface area contributed by atoms with E-state index < -0.39 is 5.92 Å². The van der Waals surface area contributed by atoms with Crippen LogP contribution in [0.1, 0.15) is 24.5 Å². The highest BCUT2D eigenvalue weighted by Gasteiger charge is 2.31. The molecule has 0 saturated heterocycles. The highest BCUT2D eigenvalue weighted by Crippen LogP contribution is 2.36. The lowest BCUT2D eigenvalue weighted by Crippen LogP contribution is -2.20. The lowest BCUT2D eigenvalue weighted by molar-refractivity contribution is -0.0107. The Morgan fingerprint density at radius 3 is 2.82 bits per heavy atom. The Labute approximate surface area is 100 Å². The molecule has 0 unspecified atom stereocenters. The molecule has 4 heteroatoms. The van der Waals surface area contributed by atoms with Crippen LogP contribution in [-0.4, -0.2) is 19.6 Å². The maximum Gasteiger partial charge on any atom is 0.274 e. The standard InChI is InChI=1S/C13H18F2N2/c1-2-17-8-5-10-9-11(3-4-12(10)17)13(14,15)6-7-16/h3-4,9H,2,5-8,16H2,1H3. The average Bonchev–Trinajstić information content (AvgIpc) is 2.70. The van der Waals surface area contributed by atoms with Crippen molar-refractivity contribution >= 4 is 5.69 Å². The zero-order chi connectivity index (χ0) is 12.5. The predicted octanol–water partition coefficient (Wildman–Crippen LogP) is 2.51. The summed E-state index contributed by atoms with van der Waals surface area (Å²) in [6.07, 6.45) is 0.568. The maximum atomic E-state index is 13.7. The number of fused-ring (bicyclic) bond motifs is 1. The molecule has 0 radical (unpaired) electrons. The first kappa shape index (κ1) is 12.3. The van der Waals surface area contributed by atoms with Crippen LogP contribution in [0.4, 0.5) is 14.5 Å². The van der Waals surface area contributed by atoms with Crippen LogP contribution in [0.25, 0.3) is 0 Å². The molecule has 0 aromatic heterocycles. The summed E-state index contributed by atoms with van der Waals surface area (Å²) in [5.41, 5.74) is 7.44. The lowest BCUT2D eigenvalue weighted by Gasteiger charge is -2.19. The molecule has 0 fully saturated rings. The average molecular weight is 240 g/mol. The van der Waals surface area contributed by atoms with Crippen molar-refractivity contribution in [3.05, 3.63) is 29.3 Å². The first-order chi connectivity index (χ1) is 8.08. The molecule has 2 nitrogen and oxygen atoms in total. The minimum Gasteiger partial charge on any atom is -0.371 e. The van der Waals surface area contributed by atoms with E-state index in [1.807, 2.05) is 6.07 Å². The zero-order valence-corrected chi connectivity index (χ0v) is 10.0. The third-order valence-electron chi connectivity index (χ3n) is 3.33. The van der Waals surface area contributed by atoms with Crippen LogP contribution in [0.15, 0.2) is 18.2 Å². The maximum absolute atomic E-state index is 13.7. The number of likely N-dealkylation sites (N-methyl/N-ethyl adjacent to an activating group) is 1. The minimum atomic E-state index is -2.80. The second-order valence-electron chi connectivity index (χ2n) is 4.42. The van der Waals surface area contributed by atoms with Gasteiger partial charge in [0.1, 0.15) is 0 Å². The van der Waals surface area contributed by atoms with Crippen LogP contribution in [0.3, 0.4) is 0 Å². The summed E-state index contributed by atoms with van der Waals surface area (Å²) in [5.74, 6) is -2.80. The van der Waals surface area contributed by atoms with Crippen molar-refractivity contribution in [2.75, 3.05) is 24.5 Å². The van der Waals surface area contributed by atoms with Gasteiger partial charge in [-0.05, 0) is 37.6 Å². The SMILES string of the molecule is CCN1CCc2cc(C(F)(F)CCN)ccc21. The van der Waals surface area contributed by atoms with Crippen LogP contribution in [0.5, 0.6) is 0 Å². The van der Waals surface area contributed by atoms with Gasteiger partial charge in [0, 0.05) is 30.8 Å². The molecule has 2 rings (SSSR count). The fourth-order valence-corrected chi connectivity index (χ4v) is 2.35. The van der Waals surface area contributed by atoms with E-state index in [2.05, 4.69) is 11.8 Å². The van der Waals surface area contributed by atoms with Crippen molar-refractivity contribution in [3.8, 4) is 0 Å². The van der Waals surface area contributed by atoms with Crippen molar-refractivity contribution in [1.82, 2.24) is 0 Å². The van der Waals surface area contributed by atoms with Crippen LogP contribution in [0.2, 0.25) is 0 Å². The Balaban J connectivity index is 2.29. The number of halogens is 2. The van der Waals surface area contributed by atoms with E-state index in [4.69, 9.17) is 5.73 Å². The molecule has 1 aromatic carbocycles. The molecule has 0 bridgehead atoms. The number of nitrogens with two attached hydrogens (primary N) is 1. The van der Waals surface area contributed by atoms with Gasteiger partial charge in [-0.3, -0.25) is 0 Å². The van der Waals surface area contributed by atoms with Crippen molar-refractivity contribution < 1.29 is 8.78 Å². The summed E-state index contributed by atoms with van der Waals surface area (Å²) in [6.45, 7) is 3.93. The van der Waals surface area contributed by atoms with Crippen LogP contribution >= 0.6 is 0 Å². The molecule has 0 amide bonds. The molecule has 1 aliphatic rings. The Hall–Kier alpha value is -1.16. The van der Waals surface area contributed by atoms with E-state index >= 15 is 0 Å². The molecule has 94 valence electrons. The number of anilines is 1. The topological polar surface area (TPSA) is 29.3 Å². The highest BCUT2D eigenvalue weighted by atomic mass is 19.3. The summed E-state index contributed by atoms with van der Waals surface area (Å²) < 4.78 is 27.4. The summed E-state index contributed by atoms with van der Waals surface area (Å²) in [6, 6.07) is 4.98. The molecule has 0 spiro atoms. The number of nitrogens with zero attached hydrogens (tertiary/aromatic N) is 1. The monoisotopic (exact) mass is 240 g/mol. The fraction of sp³-hybridized carbons (Fsp3) is 0.538. The first-order valence-electron chi connectivity index (χ1n) is 6.04. The first-order valence-corrected chi connectivity index (χ1v) is 6.04. The third kappa shape index (κ3) is 2.27. The van der Waals surface area contributed by atoms with Gasteiger partial charge in [-0.15, -0.1) is 0 Å². The van der Waals surface area contributed by atoms with Crippen molar-refractivity contribution in [2.45, 2.75) is 25.7 Å². The van der Waals surface area contributed by atoms with Gasteiger partial charge in [0.25, 0.3) is 5.92 Å². The van der Waals surface area contributed by atoms with Gasteiger partial charge < -0.3 is 10.6 Å². The smallest absolute Gasteiger partial charge is 0.274 e. The Morgan fingerprint density at radius 1 is 1.41 bits per heavy atom. The fourth-order valence-electron chi connectivity index (χ4n) is 2.35. The highest BCUT2D eigenvalue weighted by molar-refractivity contribution is 5.59. The molecule has 17 heavy (non-hydrogen) atoms. The van der Waals surface area contributed by atoms with Gasteiger partial charge in [-0.2, -0.15) is 0 Å². The summed E-state index contributed by atoms with van der Waals surface area (Å²) in [7, 11) is 0. The Bertz CT molecular complexity index is 404. The second kappa shape index (κ2) is 4.61. The van der Waals surface area contributed by atoms with E-state index in [0.717, 1.165) is 30.8 Å². The van der Waals surface area contributed by atoms with Gasteiger partial charge in [0.2, 0.25) is 0 Å². The van der Waals surface area contributed by atoms with Gasteiger partial charge >= 0.3 is 0 Å². The summed E-state index contributed by atoms with van der Waals surface area (Å²) in [4.78, 5) is 2.21. The predicted molar refractivity (Wildman–Crippen MR) is 65.6 cm³/mol. The van der Waals surface area contributed by atoms with Crippen LogP contribution < -0.4 is 10.6 Å². The van der Waals surface area contributed by atoms with Crippen LogP contribution in [0, 0.1) is 0 Å². The van der Waals surface area contributed by atoms with E-state index in [0.29, 0.717) is 0 Å². The molecule has 1 aliphatic heterocycles. The van der Waals surface area contributed by atoms with Gasteiger partial charge in [0.15, 0.2) is 0 Å². The van der Waals surface area contributed by atoms with Crippen LogP contribution in [-0.2, 0) is 12.3 Å². The molecule has 1 heterocycles. The van der Waals surface area contributed by atoms with Crippen molar-refractivity contribution in [2.24, 2.45) is 5.73 Å². The van der Waals surface area contributed by atoms with E-state index in [1.165, 1.54) is 6.07 Å². The van der Waals surface area contributed by atoms with E-state index in [1.54, 1.807) is 6.07 Å². The number of alkyl halides is 2. The van der Waals surface area contributed by atoms with E-state index in [9.17, 15) is 8.78 Å². The number of hydrogen-bond donors (Lipinski definition) is 1. The van der Waals surface area contributed by atoms with Gasteiger partial charge in [-0.1, -0.05) is 6.07 Å². The minimum absolute atomic E-state index is 0.00513. The van der Waals surface area contributed by atoms with E-state index in [-0.39, 0.29) is 18.5 Å². The number of benzene rings is 1. The number of hydrogen-bond acceptors (Lipinski definition) is 2. The molecular weight excluding hydrogens is 222 g/mol.